The average Bonchev–Trinajstić information content (AvgIpc) is 2.96. The zero-order valence-electron chi connectivity index (χ0n) is 10.3. The third-order valence-corrected chi connectivity index (χ3v) is 4.13. The molecule has 2 aromatic rings. The van der Waals surface area contributed by atoms with Gasteiger partial charge in [-0.1, -0.05) is 23.6 Å². The van der Waals surface area contributed by atoms with Crippen LogP contribution in [0.3, 0.4) is 0 Å². The Morgan fingerprint density at radius 3 is 3.05 bits per heavy atom. The van der Waals surface area contributed by atoms with E-state index in [4.69, 9.17) is 9.84 Å². The molecular weight excluding hydrogens is 280 g/mol. The summed E-state index contributed by atoms with van der Waals surface area (Å²) in [4.78, 5) is 4.13. The smallest absolute Gasteiger partial charge is 0.170 e. The zero-order valence-corrected chi connectivity index (χ0v) is 11.9. The first-order valence-electron chi connectivity index (χ1n) is 5.49. The Kier molecular flexibility index (Phi) is 5.21. The van der Waals surface area contributed by atoms with Crippen LogP contribution >= 0.6 is 23.3 Å². The SMILES string of the molecule is COc1ccc(C#CCO)cc1CSc1ncns1. The minimum atomic E-state index is -0.138. The van der Waals surface area contributed by atoms with Crippen molar-refractivity contribution in [1.82, 2.24) is 9.36 Å². The minimum Gasteiger partial charge on any atom is -0.496 e. The van der Waals surface area contributed by atoms with Gasteiger partial charge in [0.25, 0.3) is 0 Å². The second-order valence-electron chi connectivity index (χ2n) is 3.48. The second kappa shape index (κ2) is 7.14. The summed E-state index contributed by atoms with van der Waals surface area (Å²) in [6.45, 7) is -0.138. The average molecular weight is 292 g/mol. The molecule has 0 aliphatic heterocycles. The maximum absolute atomic E-state index is 8.71. The molecule has 1 N–H and O–H groups in total. The lowest BCUT2D eigenvalue weighted by Crippen LogP contribution is -1.91. The van der Waals surface area contributed by atoms with E-state index < -0.39 is 0 Å². The van der Waals surface area contributed by atoms with E-state index in [1.807, 2.05) is 18.2 Å². The maximum atomic E-state index is 8.71. The number of methoxy groups -OCH3 is 1. The highest BCUT2D eigenvalue weighted by atomic mass is 32.2. The van der Waals surface area contributed by atoms with Gasteiger partial charge in [0.15, 0.2) is 4.34 Å². The lowest BCUT2D eigenvalue weighted by molar-refractivity contribution is 0.350. The molecule has 0 atom stereocenters. The van der Waals surface area contributed by atoms with Crippen LogP contribution in [-0.2, 0) is 5.75 Å². The van der Waals surface area contributed by atoms with Gasteiger partial charge in [0.05, 0.1) is 7.11 Å². The van der Waals surface area contributed by atoms with Crippen LogP contribution in [0.1, 0.15) is 11.1 Å². The number of benzene rings is 1. The summed E-state index contributed by atoms with van der Waals surface area (Å²) in [5.74, 6) is 7.09. The molecule has 0 bridgehead atoms. The number of ether oxygens (including phenoxy) is 1. The van der Waals surface area contributed by atoms with Crippen LogP contribution in [0.15, 0.2) is 28.9 Å². The van der Waals surface area contributed by atoms with Gasteiger partial charge in [0.2, 0.25) is 0 Å². The number of rotatable bonds is 4. The van der Waals surface area contributed by atoms with Crippen molar-refractivity contribution in [2.24, 2.45) is 0 Å². The standard InChI is InChI=1S/C13H12N2O2S2/c1-17-12-5-4-10(3-2-6-16)7-11(12)8-18-13-14-9-15-19-13/h4-5,7,9,16H,6,8H2,1H3. The Bertz CT molecular complexity index is 588. The second-order valence-corrected chi connectivity index (χ2v) is 5.48. The van der Waals surface area contributed by atoms with Crippen molar-refractivity contribution in [2.45, 2.75) is 10.1 Å². The Morgan fingerprint density at radius 1 is 1.47 bits per heavy atom. The van der Waals surface area contributed by atoms with Crippen LogP contribution in [0.5, 0.6) is 5.75 Å². The van der Waals surface area contributed by atoms with Gasteiger partial charge in [-0.15, -0.1) is 0 Å². The quantitative estimate of drug-likeness (QED) is 0.691. The highest BCUT2D eigenvalue weighted by Gasteiger charge is 2.06. The minimum absolute atomic E-state index is 0.138. The first-order chi connectivity index (χ1) is 9.33. The van der Waals surface area contributed by atoms with E-state index in [0.29, 0.717) is 0 Å². The van der Waals surface area contributed by atoms with Crippen LogP contribution in [0.4, 0.5) is 0 Å². The molecular formula is C13H12N2O2S2. The normalized spacial score (nSPS) is 9.79. The predicted octanol–water partition coefficient (Wildman–Crippen LogP) is 2.18. The molecule has 4 nitrogen and oxygen atoms in total. The van der Waals surface area contributed by atoms with Crippen molar-refractivity contribution in [3.8, 4) is 17.6 Å². The molecule has 0 fully saturated rings. The van der Waals surface area contributed by atoms with Gasteiger partial charge in [0, 0.05) is 16.9 Å². The molecule has 0 saturated heterocycles. The van der Waals surface area contributed by atoms with Crippen LogP contribution in [-0.4, -0.2) is 28.2 Å². The van der Waals surface area contributed by atoms with Crippen LogP contribution in [0.2, 0.25) is 0 Å². The van der Waals surface area contributed by atoms with Crippen molar-refractivity contribution in [1.29, 1.82) is 0 Å². The number of thioether (sulfide) groups is 1. The number of aliphatic hydroxyl groups is 1. The molecule has 0 unspecified atom stereocenters. The first-order valence-corrected chi connectivity index (χ1v) is 7.25. The number of hydrogen-bond acceptors (Lipinski definition) is 6. The monoisotopic (exact) mass is 292 g/mol. The lowest BCUT2D eigenvalue weighted by atomic mass is 10.1. The van der Waals surface area contributed by atoms with Crippen molar-refractivity contribution in [2.75, 3.05) is 13.7 Å². The Hall–Kier alpha value is -1.55. The van der Waals surface area contributed by atoms with Gasteiger partial charge in [-0.3, -0.25) is 0 Å². The molecule has 0 saturated carbocycles. The third kappa shape index (κ3) is 3.96. The molecule has 6 heteroatoms. The highest BCUT2D eigenvalue weighted by molar-refractivity contribution is 8.00. The van der Waals surface area contributed by atoms with Crippen LogP contribution in [0, 0.1) is 11.8 Å². The predicted molar refractivity (Wildman–Crippen MR) is 76.4 cm³/mol. The summed E-state index contributed by atoms with van der Waals surface area (Å²) in [6.07, 6.45) is 1.55. The van der Waals surface area contributed by atoms with Crippen molar-refractivity contribution in [3.05, 3.63) is 35.7 Å². The van der Waals surface area contributed by atoms with E-state index in [1.165, 1.54) is 11.5 Å². The molecule has 2 rings (SSSR count). The van der Waals surface area contributed by atoms with E-state index in [9.17, 15) is 0 Å². The summed E-state index contributed by atoms with van der Waals surface area (Å²) in [7, 11) is 1.65. The number of nitrogens with zero attached hydrogens (tertiary/aromatic N) is 2. The zero-order chi connectivity index (χ0) is 13.5. The third-order valence-electron chi connectivity index (χ3n) is 2.28. The highest BCUT2D eigenvalue weighted by Crippen LogP contribution is 2.28. The molecule has 0 aliphatic carbocycles. The summed E-state index contributed by atoms with van der Waals surface area (Å²) < 4.78 is 10.2. The Balaban J connectivity index is 2.16. The van der Waals surface area contributed by atoms with E-state index in [2.05, 4.69) is 21.2 Å². The molecule has 0 amide bonds. The van der Waals surface area contributed by atoms with Gasteiger partial charge in [0.1, 0.15) is 18.7 Å². The van der Waals surface area contributed by atoms with Gasteiger partial charge in [-0.25, -0.2) is 4.98 Å². The summed E-state index contributed by atoms with van der Waals surface area (Å²) in [5.41, 5.74) is 1.91. The van der Waals surface area contributed by atoms with E-state index in [1.54, 1.807) is 25.2 Å². The Morgan fingerprint density at radius 2 is 2.37 bits per heavy atom. The van der Waals surface area contributed by atoms with E-state index in [-0.39, 0.29) is 6.61 Å². The van der Waals surface area contributed by atoms with Gasteiger partial charge >= 0.3 is 0 Å². The van der Waals surface area contributed by atoms with Gasteiger partial charge in [-0.2, -0.15) is 4.37 Å². The Labute approximate surface area is 120 Å². The topological polar surface area (TPSA) is 55.2 Å². The number of hydrogen-bond donors (Lipinski definition) is 1. The fourth-order valence-electron chi connectivity index (χ4n) is 1.48. The molecule has 19 heavy (non-hydrogen) atoms. The van der Waals surface area contributed by atoms with Crippen LogP contribution < -0.4 is 4.74 Å². The maximum Gasteiger partial charge on any atom is 0.170 e. The first kappa shape index (κ1) is 13.9. The van der Waals surface area contributed by atoms with Crippen molar-refractivity contribution < 1.29 is 9.84 Å². The summed E-state index contributed by atoms with van der Waals surface area (Å²) in [5, 5.41) is 8.71. The molecule has 1 aromatic carbocycles. The largest absolute Gasteiger partial charge is 0.496 e. The molecule has 98 valence electrons. The van der Waals surface area contributed by atoms with Crippen molar-refractivity contribution in [3.63, 3.8) is 0 Å². The molecule has 0 spiro atoms. The van der Waals surface area contributed by atoms with E-state index >= 15 is 0 Å². The summed E-state index contributed by atoms with van der Waals surface area (Å²) in [6, 6.07) is 5.73. The fraction of sp³-hybridized carbons (Fsp3) is 0.231. The molecule has 1 heterocycles. The molecule has 0 radical (unpaired) electrons. The summed E-state index contributed by atoms with van der Waals surface area (Å²) >= 11 is 2.98. The van der Waals surface area contributed by atoms with Gasteiger partial charge < -0.3 is 9.84 Å². The molecule has 0 aliphatic rings. The van der Waals surface area contributed by atoms with Crippen molar-refractivity contribution >= 4 is 23.3 Å². The van der Waals surface area contributed by atoms with Crippen LogP contribution in [0.25, 0.3) is 0 Å². The van der Waals surface area contributed by atoms with E-state index in [0.717, 1.165) is 27.0 Å². The fourth-order valence-corrected chi connectivity index (χ4v) is 2.90. The van der Waals surface area contributed by atoms with Gasteiger partial charge in [-0.05, 0) is 29.7 Å². The molecule has 1 aromatic heterocycles. The number of aliphatic hydroxyl groups excluding tert-OH is 1. The lowest BCUT2D eigenvalue weighted by Gasteiger charge is -2.07. The number of aromatic nitrogens is 2.